The van der Waals surface area contributed by atoms with E-state index < -0.39 is 0 Å². The Balaban J connectivity index is 1.65. The molecule has 3 rings (SSSR count). The van der Waals surface area contributed by atoms with Crippen LogP contribution in [0.4, 0.5) is 0 Å². The summed E-state index contributed by atoms with van der Waals surface area (Å²) in [6.45, 7) is 5.43. The number of rotatable bonds is 9. The number of amides is 1. The van der Waals surface area contributed by atoms with Crippen LogP contribution in [0.5, 0.6) is 0 Å². The fourth-order valence-corrected chi connectivity index (χ4v) is 3.39. The Hall–Kier alpha value is -3.05. The number of hydrogen-bond acceptors (Lipinski definition) is 4. The Bertz CT molecular complexity index is 913. The molecule has 0 saturated carbocycles. The summed E-state index contributed by atoms with van der Waals surface area (Å²) in [5.41, 5.74) is 5.70. The number of carbonyl (C=O) groups is 1. The molecule has 1 aromatic carbocycles. The molecule has 0 spiro atoms. The van der Waals surface area contributed by atoms with E-state index in [2.05, 4.69) is 52.6 Å². The highest BCUT2D eigenvalue weighted by molar-refractivity contribution is 5.83. The van der Waals surface area contributed by atoms with Gasteiger partial charge in [0.25, 0.3) is 0 Å². The van der Waals surface area contributed by atoms with Crippen LogP contribution >= 0.6 is 0 Å². The van der Waals surface area contributed by atoms with Gasteiger partial charge < -0.3 is 10.6 Å². The van der Waals surface area contributed by atoms with Crippen LogP contribution in [-0.4, -0.2) is 29.0 Å². The lowest BCUT2D eigenvalue weighted by Crippen LogP contribution is -2.39. The van der Waals surface area contributed by atoms with Gasteiger partial charge >= 0.3 is 0 Å². The Morgan fingerprint density at radius 3 is 2.03 bits per heavy atom. The number of nitrogens with one attached hydrogen (secondary N) is 2. The highest BCUT2D eigenvalue weighted by Crippen LogP contribution is 2.19. The van der Waals surface area contributed by atoms with Crippen LogP contribution in [0, 0.1) is 13.8 Å². The first-order chi connectivity index (χ1) is 14.1. The van der Waals surface area contributed by atoms with Gasteiger partial charge in [-0.25, -0.2) is 0 Å². The molecule has 3 aromatic rings. The quantitative estimate of drug-likeness (QED) is 0.590. The van der Waals surface area contributed by atoms with E-state index >= 15 is 0 Å². The number of hydrogen-bond donors (Lipinski definition) is 2. The largest absolute Gasteiger partial charge is 0.354 e. The van der Waals surface area contributed by atoms with Crippen LogP contribution in [0.1, 0.15) is 33.9 Å². The lowest BCUT2D eigenvalue weighted by Gasteiger charge is -2.21. The van der Waals surface area contributed by atoms with Gasteiger partial charge in [-0.3, -0.25) is 14.8 Å². The van der Waals surface area contributed by atoms with Gasteiger partial charge in [0.15, 0.2) is 0 Å². The van der Waals surface area contributed by atoms with Gasteiger partial charge in [0.05, 0.1) is 0 Å². The Morgan fingerprint density at radius 2 is 1.45 bits per heavy atom. The van der Waals surface area contributed by atoms with Crippen molar-refractivity contribution in [3.63, 3.8) is 0 Å². The van der Waals surface area contributed by atoms with E-state index in [1.54, 1.807) is 24.8 Å². The maximum absolute atomic E-state index is 13.0. The first-order valence-corrected chi connectivity index (χ1v) is 9.99. The standard InChI is InChI=1S/C24H28N4O/c1-18-3-4-22(19(2)17-18)23(27-15-9-20-5-11-25-12-6-20)24(29)28-16-10-21-7-13-26-14-8-21/h3-8,11-14,17,23,27H,9-10,15-16H2,1-2H3,(H,28,29). The molecule has 0 aliphatic rings. The zero-order chi connectivity index (χ0) is 20.5. The van der Waals surface area contributed by atoms with Gasteiger partial charge in [-0.15, -0.1) is 0 Å². The molecule has 0 radical (unpaired) electrons. The third kappa shape index (κ3) is 6.22. The summed E-state index contributed by atoms with van der Waals surface area (Å²) in [5.74, 6) is 0.000683. The SMILES string of the molecule is Cc1ccc(C(NCCc2ccncc2)C(=O)NCCc2ccncc2)c(C)c1. The molecule has 0 saturated heterocycles. The highest BCUT2D eigenvalue weighted by Gasteiger charge is 2.21. The average molecular weight is 389 g/mol. The second-order valence-corrected chi connectivity index (χ2v) is 7.25. The molecule has 1 amide bonds. The molecule has 0 bridgehead atoms. The number of aromatic nitrogens is 2. The van der Waals surface area contributed by atoms with E-state index in [1.165, 1.54) is 11.1 Å². The molecule has 5 heteroatoms. The Morgan fingerprint density at radius 1 is 0.862 bits per heavy atom. The fraction of sp³-hybridized carbons (Fsp3) is 0.292. The van der Waals surface area contributed by atoms with Crippen molar-refractivity contribution in [2.24, 2.45) is 0 Å². The first kappa shape index (κ1) is 20.7. The van der Waals surface area contributed by atoms with Crippen molar-refractivity contribution in [3.8, 4) is 0 Å². The van der Waals surface area contributed by atoms with Gasteiger partial charge in [-0.05, 0) is 73.2 Å². The molecule has 150 valence electrons. The van der Waals surface area contributed by atoms with Crippen molar-refractivity contribution in [3.05, 3.63) is 95.1 Å². The summed E-state index contributed by atoms with van der Waals surface area (Å²) in [6, 6.07) is 13.8. The third-order valence-corrected chi connectivity index (χ3v) is 4.97. The third-order valence-electron chi connectivity index (χ3n) is 4.97. The summed E-state index contributed by atoms with van der Waals surface area (Å²) < 4.78 is 0. The predicted molar refractivity (Wildman–Crippen MR) is 116 cm³/mol. The fourth-order valence-electron chi connectivity index (χ4n) is 3.39. The summed E-state index contributed by atoms with van der Waals surface area (Å²) in [6.07, 6.45) is 8.76. The topological polar surface area (TPSA) is 66.9 Å². The van der Waals surface area contributed by atoms with E-state index in [0.29, 0.717) is 13.1 Å². The normalized spacial score (nSPS) is 11.8. The summed E-state index contributed by atoms with van der Waals surface area (Å²) in [5, 5.41) is 6.54. The van der Waals surface area contributed by atoms with Crippen LogP contribution in [0.2, 0.25) is 0 Å². The molecule has 0 aliphatic carbocycles. The molecule has 0 aliphatic heterocycles. The van der Waals surface area contributed by atoms with Crippen molar-refractivity contribution in [2.45, 2.75) is 32.7 Å². The minimum absolute atomic E-state index is 0.000683. The lowest BCUT2D eigenvalue weighted by atomic mass is 9.98. The van der Waals surface area contributed by atoms with E-state index in [-0.39, 0.29) is 11.9 Å². The molecule has 2 heterocycles. The second kappa shape index (κ2) is 10.5. The average Bonchev–Trinajstić information content (AvgIpc) is 2.73. The first-order valence-electron chi connectivity index (χ1n) is 9.99. The number of pyridine rings is 2. The molecular weight excluding hydrogens is 360 g/mol. The molecular formula is C24H28N4O. The van der Waals surface area contributed by atoms with Gasteiger partial charge in [-0.1, -0.05) is 23.8 Å². The summed E-state index contributed by atoms with van der Waals surface area (Å²) >= 11 is 0. The number of carbonyl (C=O) groups excluding carboxylic acids is 1. The van der Waals surface area contributed by atoms with Crippen molar-refractivity contribution in [1.29, 1.82) is 0 Å². The van der Waals surface area contributed by atoms with Crippen LogP contribution < -0.4 is 10.6 Å². The van der Waals surface area contributed by atoms with Gasteiger partial charge in [0.1, 0.15) is 6.04 Å². The second-order valence-electron chi connectivity index (χ2n) is 7.25. The van der Waals surface area contributed by atoms with Crippen molar-refractivity contribution < 1.29 is 4.79 Å². The number of aryl methyl sites for hydroxylation is 2. The smallest absolute Gasteiger partial charge is 0.241 e. The van der Waals surface area contributed by atoms with Crippen LogP contribution in [0.25, 0.3) is 0 Å². The van der Waals surface area contributed by atoms with E-state index in [0.717, 1.165) is 29.5 Å². The Labute approximate surface area is 172 Å². The molecule has 2 aromatic heterocycles. The zero-order valence-electron chi connectivity index (χ0n) is 17.1. The predicted octanol–water partition coefficient (Wildman–Crippen LogP) is 3.33. The maximum atomic E-state index is 13.0. The van der Waals surface area contributed by atoms with Crippen LogP contribution in [0.3, 0.4) is 0 Å². The molecule has 1 atom stereocenters. The van der Waals surface area contributed by atoms with Crippen LogP contribution in [-0.2, 0) is 17.6 Å². The van der Waals surface area contributed by atoms with E-state index in [4.69, 9.17) is 0 Å². The van der Waals surface area contributed by atoms with E-state index in [1.807, 2.05) is 24.3 Å². The lowest BCUT2D eigenvalue weighted by molar-refractivity contribution is -0.123. The summed E-state index contributed by atoms with van der Waals surface area (Å²) in [7, 11) is 0. The van der Waals surface area contributed by atoms with E-state index in [9.17, 15) is 4.79 Å². The molecule has 29 heavy (non-hydrogen) atoms. The number of benzene rings is 1. The minimum atomic E-state index is -0.380. The monoisotopic (exact) mass is 388 g/mol. The molecule has 1 unspecified atom stereocenters. The zero-order valence-corrected chi connectivity index (χ0v) is 17.1. The maximum Gasteiger partial charge on any atom is 0.241 e. The highest BCUT2D eigenvalue weighted by atomic mass is 16.2. The van der Waals surface area contributed by atoms with Gasteiger partial charge in [0, 0.05) is 37.9 Å². The van der Waals surface area contributed by atoms with Crippen molar-refractivity contribution in [1.82, 2.24) is 20.6 Å². The molecule has 2 N–H and O–H groups in total. The number of nitrogens with zero attached hydrogens (tertiary/aromatic N) is 2. The van der Waals surface area contributed by atoms with Gasteiger partial charge in [-0.2, -0.15) is 0 Å². The molecule has 0 fully saturated rings. The van der Waals surface area contributed by atoms with Crippen molar-refractivity contribution >= 4 is 5.91 Å². The minimum Gasteiger partial charge on any atom is -0.354 e. The van der Waals surface area contributed by atoms with Gasteiger partial charge in [0.2, 0.25) is 5.91 Å². The van der Waals surface area contributed by atoms with Crippen molar-refractivity contribution in [2.75, 3.05) is 13.1 Å². The summed E-state index contributed by atoms with van der Waals surface area (Å²) in [4.78, 5) is 21.1. The Kier molecular flexibility index (Phi) is 7.47. The molecule has 5 nitrogen and oxygen atoms in total. The van der Waals surface area contributed by atoms with Crippen LogP contribution in [0.15, 0.2) is 67.3 Å².